The zero-order valence-electron chi connectivity index (χ0n) is 15.1. The Hall–Kier alpha value is -2.76. The van der Waals surface area contributed by atoms with Crippen LogP contribution in [0.1, 0.15) is 11.1 Å². The summed E-state index contributed by atoms with van der Waals surface area (Å²) in [6.07, 6.45) is 5.39. The Morgan fingerprint density at radius 1 is 1.11 bits per heavy atom. The molecule has 5 rings (SSSR count). The van der Waals surface area contributed by atoms with Crippen molar-refractivity contribution in [2.75, 3.05) is 13.2 Å². The molecule has 0 aliphatic carbocycles. The van der Waals surface area contributed by atoms with E-state index in [0.717, 1.165) is 53.1 Å². The van der Waals surface area contributed by atoms with E-state index >= 15 is 0 Å². The molecule has 0 N–H and O–H groups in total. The second-order valence-corrected chi connectivity index (χ2v) is 7.40. The molecule has 1 aliphatic heterocycles. The number of hydrogen-bond acceptors (Lipinski definition) is 3. The normalized spacial score (nSPS) is 14.6. The van der Waals surface area contributed by atoms with Gasteiger partial charge in [-0.3, -0.25) is 4.90 Å². The minimum absolute atomic E-state index is 0.242. The number of aromatic nitrogens is 1. The number of furan rings is 1. The molecule has 2 aromatic heterocycles. The predicted octanol–water partition coefficient (Wildman–Crippen LogP) is 5.41. The molecule has 3 heterocycles. The lowest BCUT2D eigenvalue weighted by molar-refractivity contribution is 0.219. The highest BCUT2D eigenvalue weighted by molar-refractivity contribution is 6.32. The van der Waals surface area contributed by atoms with Gasteiger partial charge in [0.25, 0.3) is 0 Å². The van der Waals surface area contributed by atoms with Crippen molar-refractivity contribution in [1.29, 1.82) is 0 Å². The molecule has 6 heteroatoms. The average molecular weight is 397 g/mol. The third kappa shape index (κ3) is 3.17. The van der Waals surface area contributed by atoms with Crippen LogP contribution < -0.4 is 4.74 Å². The summed E-state index contributed by atoms with van der Waals surface area (Å²) in [4.78, 5) is 2.31. The number of benzene rings is 2. The second-order valence-electron chi connectivity index (χ2n) is 7.00. The predicted molar refractivity (Wildman–Crippen MR) is 107 cm³/mol. The maximum absolute atomic E-state index is 13.5. The lowest BCUT2D eigenvalue weighted by Crippen LogP contribution is -2.25. The molecule has 0 saturated carbocycles. The van der Waals surface area contributed by atoms with E-state index in [9.17, 15) is 4.39 Å². The van der Waals surface area contributed by atoms with Gasteiger partial charge in [-0.25, -0.2) is 4.39 Å². The van der Waals surface area contributed by atoms with Crippen LogP contribution in [0.5, 0.6) is 5.75 Å². The topological polar surface area (TPSA) is 30.5 Å². The van der Waals surface area contributed by atoms with Crippen LogP contribution in [-0.4, -0.2) is 22.6 Å². The lowest BCUT2D eigenvalue weighted by Gasteiger charge is -2.19. The summed E-state index contributed by atoms with van der Waals surface area (Å²) in [6.45, 7) is 2.89. The van der Waals surface area contributed by atoms with Gasteiger partial charge < -0.3 is 13.7 Å². The third-order valence-corrected chi connectivity index (χ3v) is 5.35. The van der Waals surface area contributed by atoms with E-state index in [1.165, 1.54) is 12.1 Å². The molecule has 4 aromatic rings. The first-order chi connectivity index (χ1) is 13.7. The molecule has 0 atom stereocenters. The Kier molecular flexibility index (Phi) is 4.34. The SMILES string of the molecule is Fc1ccc2c(ccn2-c2cc(Cl)c3c(c2)CN(Cc2ccoc2)CCO3)c1. The largest absolute Gasteiger partial charge is 0.490 e. The van der Waals surface area contributed by atoms with E-state index in [2.05, 4.69) is 11.0 Å². The minimum Gasteiger partial charge on any atom is -0.490 e. The van der Waals surface area contributed by atoms with Gasteiger partial charge in [-0.2, -0.15) is 0 Å². The summed E-state index contributed by atoms with van der Waals surface area (Å²) in [5.74, 6) is 0.496. The maximum atomic E-state index is 13.5. The molecule has 0 unspecified atom stereocenters. The van der Waals surface area contributed by atoms with Gasteiger partial charge >= 0.3 is 0 Å². The van der Waals surface area contributed by atoms with E-state index in [1.54, 1.807) is 18.6 Å². The van der Waals surface area contributed by atoms with Crippen LogP contribution in [0.4, 0.5) is 4.39 Å². The molecule has 1 aliphatic rings. The van der Waals surface area contributed by atoms with Crippen LogP contribution in [-0.2, 0) is 13.1 Å². The highest BCUT2D eigenvalue weighted by Crippen LogP contribution is 2.35. The number of hydrogen-bond donors (Lipinski definition) is 0. The third-order valence-electron chi connectivity index (χ3n) is 5.07. The Morgan fingerprint density at radius 2 is 2.04 bits per heavy atom. The monoisotopic (exact) mass is 396 g/mol. The van der Waals surface area contributed by atoms with Gasteiger partial charge in [0, 0.05) is 48.0 Å². The molecule has 0 fully saturated rings. The number of rotatable bonds is 3. The van der Waals surface area contributed by atoms with Crippen molar-refractivity contribution in [2.24, 2.45) is 0 Å². The van der Waals surface area contributed by atoms with Crippen molar-refractivity contribution in [3.8, 4) is 11.4 Å². The van der Waals surface area contributed by atoms with E-state index in [1.807, 2.05) is 29.0 Å². The maximum Gasteiger partial charge on any atom is 0.142 e. The Balaban J connectivity index is 1.53. The molecule has 0 amide bonds. The quantitative estimate of drug-likeness (QED) is 0.464. The Morgan fingerprint density at radius 3 is 2.89 bits per heavy atom. The molecular weight excluding hydrogens is 379 g/mol. The molecule has 0 spiro atoms. The van der Waals surface area contributed by atoms with E-state index in [0.29, 0.717) is 11.6 Å². The van der Waals surface area contributed by atoms with E-state index in [4.69, 9.17) is 20.8 Å². The fourth-order valence-corrected chi connectivity index (χ4v) is 4.05. The first-order valence-corrected chi connectivity index (χ1v) is 9.51. The Bertz CT molecular complexity index is 1140. The zero-order chi connectivity index (χ0) is 19.1. The molecule has 4 nitrogen and oxygen atoms in total. The van der Waals surface area contributed by atoms with Crippen LogP contribution >= 0.6 is 11.6 Å². The van der Waals surface area contributed by atoms with Gasteiger partial charge in [0.1, 0.15) is 18.2 Å². The summed E-state index contributed by atoms with van der Waals surface area (Å²) in [7, 11) is 0. The molecule has 28 heavy (non-hydrogen) atoms. The number of halogens is 2. The van der Waals surface area contributed by atoms with Gasteiger partial charge in [0.2, 0.25) is 0 Å². The van der Waals surface area contributed by atoms with Crippen molar-refractivity contribution in [2.45, 2.75) is 13.1 Å². The Labute approximate surface area is 166 Å². The number of ether oxygens (including phenoxy) is 1. The smallest absolute Gasteiger partial charge is 0.142 e. The van der Waals surface area contributed by atoms with E-state index in [-0.39, 0.29) is 5.82 Å². The van der Waals surface area contributed by atoms with Gasteiger partial charge in [-0.05, 0) is 42.5 Å². The first-order valence-electron chi connectivity index (χ1n) is 9.13. The molecule has 0 bridgehead atoms. The van der Waals surface area contributed by atoms with Gasteiger partial charge in [0.15, 0.2) is 0 Å². The summed E-state index contributed by atoms with van der Waals surface area (Å²) in [6, 6.07) is 12.7. The van der Waals surface area contributed by atoms with Crippen molar-refractivity contribution in [3.63, 3.8) is 0 Å². The van der Waals surface area contributed by atoms with E-state index < -0.39 is 0 Å². The lowest BCUT2D eigenvalue weighted by atomic mass is 10.1. The van der Waals surface area contributed by atoms with Crippen molar-refractivity contribution >= 4 is 22.5 Å². The van der Waals surface area contributed by atoms with Crippen molar-refractivity contribution in [1.82, 2.24) is 9.47 Å². The van der Waals surface area contributed by atoms with Crippen LogP contribution in [0.25, 0.3) is 16.6 Å². The van der Waals surface area contributed by atoms with Crippen molar-refractivity contribution in [3.05, 3.63) is 83.2 Å². The summed E-state index contributed by atoms with van der Waals surface area (Å²) in [5.41, 5.74) is 4.03. The fourth-order valence-electron chi connectivity index (χ4n) is 3.76. The van der Waals surface area contributed by atoms with Crippen LogP contribution in [0.2, 0.25) is 5.02 Å². The molecular formula is C22H18ClFN2O2. The highest BCUT2D eigenvalue weighted by atomic mass is 35.5. The zero-order valence-corrected chi connectivity index (χ0v) is 15.8. The summed E-state index contributed by atoms with van der Waals surface area (Å²) in [5, 5.41) is 1.44. The summed E-state index contributed by atoms with van der Waals surface area (Å²) < 4.78 is 26.7. The summed E-state index contributed by atoms with van der Waals surface area (Å²) >= 11 is 6.57. The molecule has 0 radical (unpaired) electrons. The van der Waals surface area contributed by atoms with Crippen LogP contribution in [0.3, 0.4) is 0 Å². The van der Waals surface area contributed by atoms with Crippen LogP contribution in [0, 0.1) is 5.82 Å². The molecule has 2 aromatic carbocycles. The van der Waals surface area contributed by atoms with Crippen molar-refractivity contribution < 1.29 is 13.5 Å². The average Bonchev–Trinajstić information content (AvgIpc) is 3.27. The molecule has 0 saturated heterocycles. The van der Waals surface area contributed by atoms with Gasteiger partial charge in [-0.15, -0.1) is 0 Å². The highest BCUT2D eigenvalue weighted by Gasteiger charge is 2.20. The van der Waals surface area contributed by atoms with Crippen LogP contribution in [0.15, 0.2) is 65.6 Å². The second kappa shape index (κ2) is 7.00. The standard InChI is InChI=1S/C22H18ClFN2O2/c23-20-11-19(26-5-3-16-9-18(24)1-2-21(16)26)10-17-13-25(6-8-28-22(17)20)12-15-4-7-27-14-15/h1-5,7,9-11,14H,6,8,12-13H2. The fraction of sp³-hybridized carbons (Fsp3) is 0.182. The molecule has 142 valence electrons. The number of nitrogens with zero attached hydrogens (tertiary/aromatic N) is 2. The first kappa shape index (κ1) is 17.3. The minimum atomic E-state index is -0.242. The van der Waals surface area contributed by atoms with Gasteiger partial charge in [-0.1, -0.05) is 11.6 Å². The number of fused-ring (bicyclic) bond motifs is 2. The van der Waals surface area contributed by atoms with Gasteiger partial charge in [0.05, 0.1) is 23.1 Å².